The zero-order valence-corrected chi connectivity index (χ0v) is 7.34. The van der Waals surface area contributed by atoms with E-state index in [1.54, 1.807) is 18.5 Å². The van der Waals surface area contributed by atoms with Crippen molar-refractivity contribution in [2.75, 3.05) is 6.67 Å². The summed E-state index contributed by atoms with van der Waals surface area (Å²) in [6, 6.07) is 0. The SMILES string of the molecule is NNC(=O)C1=NCN2C=CC=NC=C12. The molecule has 6 nitrogen and oxygen atoms in total. The maximum Gasteiger partial charge on any atom is 0.285 e. The Kier molecular flexibility index (Phi) is 2.11. The molecule has 2 heterocycles. The van der Waals surface area contributed by atoms with Gasteiger partial charge in [-0.15, -0.1) is 0 Å². The van der Waals surface area contributed by atoms with Crippen LogP contribution in [-0.4, -0.2) is 29.4 Å². The van der Waals surface area contributed by atoms with E-state index < -0.39 is 5.91 Å². The summed E-state index contributed by atoms with van der Waals surface area (Å²) in [5, 5.41) is 0. The fourth-order valence-electron chi connectivity index (χ4n) is 1.27. The summed E-state index contributed by atoms with van der Waals surface area (Å²) in [5.41, 5.74) is 3.03. The fraction of sp³-hybridized carbons (Fsp3) is 0.125. The van der Waals surface area contributed by atoms with Crippen LogP contribution in [0.1, 0.15) is 0 Å². The lowest BCUT2D eigenvalue weighted by Crippen LogP contribution is -2.37. The maximum absolute atomic E-state index is 11.3. The average Bonchev–Trinajstić information content (AvgIpc) is 2.46. The Balaban J connectivity index is 2.31. The molecule has 0 saturated heterocycles. The third kappa shape index (κ3) is 1.31. The molecular weight excluding hydrogens is 182 g/mol. The Hall–Kier alpha value is -1.95. The van der Waals surface area contributed by atoms with Gasteiger partial charge in [0.25, 0.3) is 5.91 Å². The lowest BCUT2D eigenvalue weighted by atomic mass is 10.2. The van der Waals surface area contributed by atoms with Gasteiger partial charge in [0.2, 0.25) is 0 Å². The van der Waals surface area contributed by atoms with Gasteiger partial charge in [-0.25, -0.2) is 5.84 Å². The molecule has 0 spiro atoms. The number of hydrazine groups is 1. The Morgan fingerprint density at radius 1 is 1.64 bits per heavy atom. The van der Waals surface area contributed by atoms with Gasteiger partial charge < -0.3 is 4.90 Å². The Bertz CT molecular complexity index is 379. The van der Waals surface area contributed by atoms with E-state index in [0.29, 0.717) is 18.1 Å². The molecule has 0 aromatic carbocycles. The van der Waals surface area contributed by atoms with Gasteiger partial charge in [-0.3, -0.25) is 20.2 Å². The number of allylic oxidation sites excluding steroid dienone is 1. The van der Waals surface area contributed by atoms with Crippen molar-refractivity contribution in [3.05, 3.63) is 24.2 Å². The number of carbonyl (C=O) groups is 1. The summed E-state index contributed by atoms with van der Waals surface area (Å²) in [6.45, 7) is 0.425. The van der Waals surface area contributed by atoms with Crippen LogP contribution in [0.25, 0.3) is 0 Å². The second kappa shape index (κ2) is 3.43. The molecule has 0 radical (unpaired) electrons. The van der Waals surface area contributed by atoms with Crippen LogP contribution in [0.2, 0.25) is 0 Å². The van der Waals surface area contributed by atoms with Crippen LogP contribution in [0, 0.1) is 0 Å². The molecule has 72 valence electrons. The zero-order valence-electron chi connectivity index (χ0n) is 7.34. The van der Waals surface area contributed by atoms with E-state index >= 15 is 0 Å². The number of amides is 1. The van der Waals surface area contributed by atoms with E-state index in [4.69, 9.17) is 5.84 Å². The van der Waals surface area contributed by atoms with Gasteiger partial charge in [0.1, 0.15) is 6.67 Å². The van der Waals surface area contributed by atoms with E-state index in [2.05, 4.69) is 9.98 Å². The van der Waals surface area contributed by atoms with Crippen LogP contribution in [0.5, 0.6) is 0 Å². The maximum atomic E-state index is 11.3. The van der Waals surface area contributed by atoms with Crippen molar-refractivity contribution < 1.29 is 4.79 Å². The van der Waals surface area contributed by atoms with Crippen LogP contribution in [-0.2, 0) is 4.79 Å². The summed E-state index contributed by atoms with van der Waals surface area (Å²) in [7, 11) is 0. The average molecular weight is 191 g/mol. The molecule has 6 heteroatoms. The van der Waals surface area contributed by atoms with Crippen molar-refractivity contribution in [3.8, 4) is 0 Å². The molecule has 1 amide bonds. The van der Waals surface area contributed by atoms with E-state index in [-0.39, 0.29) is 0 Å². The van der Waals surface area contributed by atoms with E-state index in [0.717, 1.165) is 0 Å². The highest BCUT2D eigenvalue weighted by molar-refractivity contribution is 6.45. The summed E-state index contributed by atoms with van der Waals surface area (Å²) in [5.74, 6) is 4.63. The first-order valence-corrected chi connectivity index (χ1v) is 4.05. The fourth-order valence-corrected chi connectivity index (χ4v) is 1.27. The van der Waals surface area contributed by atoms with Gasteiger partial charge in [-0.1, -0.05) is 0 Å². The first-order chi connectivity index (χ1) is 6.83. The van der Waals surface area contributed by atoms with Gasteiger partial charge in [-0.2, -0.15) is 0 Å². The number of nitrogens with one attached hydrogen (secondary N) is 1. The molecule has 0 saturated carbocycles. The topological polar surface area (TPSA) is 83.1 Å². The molecule has 2 rings (SSSR count). The Labute approximate surface area is 80.5 Å². The number of fused-ring (bicyclic) bond motifs is 1. The molecule has 0 unspecified atom stereocenters. The van der Waals surface area contributed by atoms with E-state index in [9.17, 15) is 4.79 Å². The molecule has 0 aliphatic carbocycles. The van der Waals surface area contributed by atoms with Crippen molar-refractivity contribution in [2.45, 2.75) is 0 Å². The standard InChI is InChI=1S/C8H9N5O/c9-12-8(14)7-6-4-10-2-1-3-13(6)5-11-7/h1-4H,5,9H2,(H,12,14). The number of hydrogen-bond acceptors (Lipinski definition) is 5. The third-order valence-corrected chi connectivity index (χ3v) is 1.91. The summed E-state index contributed by atoms with van der Waals surface area (Å²) < 4.78 is 0. The first-order valence-electron chi connectivity index (χ1n) is 4.05. The van der Waals surface area contributed by atoms with E-state index in [1.165, 1.54) is 0 Å². The zero-order chi connectivity index (χ0) is 9.97. The number of nitrogens with zero attached hydrogens (tertiary/aromatic N) is 3. The van der Waals surface area contributed by atoms with Crippen molar-refractivity contribution >= 4 is 17.8 Å². The predicted octanol–water partition coefficient (Wildman–Crippen LogP) is -0.870. The van der Waals surface area contributed by atoms with Crippen LogP contribution in [0.4, 0.5) is 0 Å². The summed E-state index contributed by atoms with van der Waals surface area (Å²) in [6.07, 6.45) is 6.81. The Morgan fingerprint density at radius 2 is 2.50 bits per heavy atom. The van der Waals surface area contributed by atoms with Gasteiger partial charge in [0.05, 0.1) is 11.9 Å². The first kappa shape index (κ1) is 8.64. The molecule has 0 aromatic rings. The van der Waals surface area contributed by atoms with Crippen molar-refractivity contribution in [1.82, 2.24) is 10.3 Å². The van der Waals surface area contributed by atoms with E-state index in [1.807, 2.05) is 16.5 Å². The molecule has 0 aromatic heterocycles. The highest BCUT2D eigenvalue weighted by Gasteiger charge is 2.25. The Morgan fingerprint density at radius 3 is 3.29 bits per heavy atom. The number of aliphatic imine (C=N–C) groups is 2. The smallest absolute Gasteiger partial charge is 0.285 e. The number of carbonyl (C=O) groups excluding carboxylic acids is 1. The molecule has 0 bridgehead atoms. The van der Waals surface area contributed by atoms with Crippen LogP contribution in [0.3, 0.4) is 0 Å². The lowest BCUT2D eigenvalue weighted by molar-refractivity contribution is -0.114. The van der Waals surface area contributed by atoms with Crippen LogP contribution in [0.15, 0.2) is 34.2 Å². The van der Waals surface area contributed by atoms with Crippen molar-refractivity contribution in [2.24, 2.45) is 15.8 Å². The van der Waals surface area contributed by atoms with Gasteiger partial charge in [-0.05, 0) is 6.08 Å². The molecule has 0 fully saturated rings. The molecule has 3 N–H and O–H groups in total. The monoisotopic (exact) mass is 191 g/mol. The molecule has 0 atom stereocenters. The van der Waals surface area contributed by atoms with Gasteiger partial charge >= 0.3 is 0 Å². The minimum Gasteiger partial charge on any atom is -0.325 e. The van der Waals surface area contributed by atoms with Gasteiger partial charge in [0, 0.05) is 12.4 Å². The highest BCUT2D eigenvalue weighted by atomic mass is 16.2. The van der Waals surface area contributed by atoms with Crippen molar-refractivity contribution in [3.63, 3.8) is 0 Å². The number of nitrogens with two attached hydrogens (primary N) is 1. The normalized spacial score (nSPS) is 18.5. The molecule has 14 heavy (non-hydrogen) atoms. The second-order valence-electron chi connectivity index (χ2n) is 2.75. The largest absolute Gasteiger partial charge is 0.325 e. The number of hydrogen-bond donors (Lipinski definition) is 2. The third-order valence-electron chi connectivity index (χ3n) is 1.91. The second-order valence-corrected chi connectivity index (χ2v) is 2.75. The van der Waals surface area contributed by atoms with Crippen molar-refractivity contribution in [1.29, 1.82) is 0 Å². The molecule has 2 aliphatic heterocycles. The lowest BCUT2D eigenvalue weighted by Gasteiger charge is -2.11. The number of rotatable bonds is 1. The molecule has 2 aliphatic rings. The summed E-state index contributed by atoms with van der Waals surface area (Å²) in [4.78, 5) is 21.1. The van der Waals surface area contributed by atoms with Crippen LogP contribution >= 0.6 is 0 Å². The minimum absolute atomic E-state index is 0.316. The van der Waals surface area contributed by atoms with Gasteiger partial charge in [0.15, 0.2) is 5.71 Å². The quantitative estimate of drug-likeness (QED) is 0.321. The summed E-state index contributed by atoms with van der Waals surface area (Å²) >= 11 is 0. The minimum atomic E-state index is -0.399. The van der Waals surface area contributed by atoms with Crippen LogP contribution < -0.4 is 11.3 Å². The molecular formula is C8H9N5O. The predicted molar refractivity (Wildman–Crippen MR) is 52.2 cm³/mol. The highest BCUT2D eigenvalue weighted by Crippen LogP contribution is 2.16.